The fourth-order valence-corrected chi connectivity index (χ4v) is 4.72. The van der Waals surface area contributed by atoms with Crippen LogP contribution in [0.5, 0.6) is 0 Å². The van der Waals surface area contributed by atoms with E-state index in [-0.39, 0.29) is 23.4 Å². The first-order chi connectivity index (χ1) is 14.6. The SMILES string of the molecule is O=C(Nc1ccc(Cl)cc1)N1C[C@H]2C[C@H](C1)c1ccc(-c3cccnc3)c(=O)n1C2. The summed E-state index contributed by atoms with van der Waals surface area (Å²) >= 11 is 5.92. The maximum absolute atomic E-state index is 13.2. The van der Waals surface area contributed by atoms with E-state index in [1.165, 1.54) is 0 Å². The molecule has 0 spiro atoms. The van der Waals surface area contributed by atoms with Gasteiger partial charge in [0.05, 0.1) is 0 Å². The van der Waals surface area contributed by atoms with Crippen molar-refractivity contribution in [1.82, 2.24) is 14.5 Å². The zero-order valence-electron chi connectivity index (χ0n) is 16.3. The zero-order valence-corrected chi connectivity index (χ0v) is 17.0. The highest BCUT2D eigenvalue weighted by Crippen LogP contribution is 2.36. The van der Waals surface area contributed by atoms with Crippen molar-refractivity contribution in [1.29, 1.82) is 0 Å². The third-order valence-electron chi connectivity index (χ3n) is 5.96. The molecule has 1 fully saturated rings. The number of piperidine rings is 1. The van der Waals surface area contributed by atoms with Crippen molar-refractivity contribution in [3.8, 4) is 11.1 Å². The van der Waals surface area contributed by atoms with Gasteiger partial charge in [-0.3, -0.25) is 9.78 Å². The molecule has 3 aromatic rings. The summed E-state index contributed by atoms with van der Waals surface area (Å²) in [6.07, 6.45) is 4.42. The molecule has 2 aromatic heterocycles. The number of nitrogens with one attached hydrogen (secondary N) is 1. The minimum Gasteiger partial charge on any atom is -0.324 e. The summed E-state index contributed by atoms with van der Waals surface area (Å²) < 4.78 is 1.90. The van der Waals surface area contributed by atoms with E-state index < -0.39 is 0 Å². The summed E-state index contributed by atoms with van der Waals surface area (Å²) in [5.41, 5.74) is 3.25. The molecule has 0 aliphatic carbocycles. The van der Waals surface area contributed by atoms with Gasteiger partial charge in [0, 0.05) is 65.5 Å². The minimum atomic E-state index is -0.116. The van der Waals surface area contributed by atoms with Crippen LogP contribution in [0.2, 0.25) is 5.02 Å². The van der Waals surface area contributed by atoms with Crippen LogP contribution >= 0.6 is 11.6 Å². The van der Waals surface area contributed by atoms with Crippen LogP contribution in [-0.2, 0) is 6.54 Å². The summed E-state index contributed by atoms with van der Waals surface area (Å²) in [4.78, 5) is 32.0. The van der Waals surface area contributed by atoms with E-state index >= 15 is 0 Å². The molecular weight excluding hydrogens is 400 g/mol. The van der Waals surface area contributed by atoms with Crippen LogP contribution in [0.25, 0.3) is 11.1 Å². The minimum absolute atomic E-state index is 0.0225. The number of carbonyl (C=O) groups excluding carboxylic acids is 1. The van der Waals surface area contributed by atoms with E-state index in [1.807, 2.05) is 33.7 Å². The first-order valence-corrected chi connectivity index (χ1v) is 10.4. The Morgan fingerprint density at radius 3 is 2.67 bits per heavy atom. The summed E-state index contributed by atoms with van der Waals surface area (Å²) in [5, 5.41) is 3.58. The molecule has 6 nitrogen and oxygen atoms in total. The number of benzene rings is 1. The van der Waals surface area contributed by atoms with Gasteiger partial charge < -0.3 is 14.8 Å². The van der Waals surface area contributed by atoms with Crippen molar-refractivity contribution in [2.24, 2.45) is 5.92 Å². The number of fused-ring (bicyclic) bond motifs is 4. The number of urea groups is 1. The Labute approximate surface area is 179 Å². The van der Waals surface area contributed by atoms with Crippen LogP contribution < -0.4 is 10.9 Å². The lowest BCUT2D eigenvalue weighted by molar-refractivity contribution is 0.139. The Morgan fingerprint density at radius 1 is 1.07 bits per heavy atom. The van der Waals surface area contributed by atoms with Crippen molar-refractivity contribution in [3.05, 3.63) is 82.0 Å². The molecule has 2 atom stereocenters. The second kappa shape index (κ2) is 7.61. The van der Waals surface area contributed by atoms with E-state index in [0.29, 0.717) is 30.2 Å². The van der Waals surface area contributed by atoms with Crippen LogP contribution in [0.3, 0.4) is 0 Å². The summed E-state index contributed by atoms with van der Waals surface area (Å²) in [6, 6.07) is 14.6. The number of aromatic nitrogens is 2. The lowest BCUT2D eigenvalue weighted by Gasteiger charge is -2.42. The van der Waals surface area contributed by atoms with Gasteiger partial charge in [-0.1, -0.05) is 17.7 Å². The number of anilines is 1. The number of likely N-dealkylation sites (tertiary alicyclic amines) is 1. The van der Waals surface area contributed by atoms with Crippen molar-refractivity contribution in [2.45, 2.75) is 18.9 Å². The molecule has 1 aromatic carbocycles. The Bertz CT molecular complexity index is 1140. The second-order valence-corrected chi connectivity index (χ2v) is 8.41. The maximum atomic E-state index is 13.2. The summed E-state index contributed by atoms with van der Waals surface area (Å²) in [5.74, 6) is 0.415. The first kappa shape index (κ1) is 18.9. The second-order valence-electron chi connectivity index (χ2n) is 7.97. The van der Waals surface area contributed by atoms with Gasteiger partial charge >= 0.3 is 6.03 Å². The first-order valence-electron chi connectivity index (χ1n) is 10.0. The van der Waals surface area contributed by atoms with E-state index in [1.54, 1.807) is 36.7 Å². The lowest BCUT2D eigenvalue weighted by Crippen LogP contribution is -2.50. The molecule has 7 heteroatoms. The van der Waals surface area contributed by atoms with Gasteiger partial charge in [0.2, 0.25) is 0 Å². The largest absolute Gasteiger partial charge is 0.324 e. The molecule has 0 radical (unpaired) electrons. The lowest BCUT2D eigenvalue weighted by atomic mass is 9.83. The Balaban J connectivity index is 1.38. The molecule has 2 aliphatic heterocycles. The average Bonchev–Trinajstić information content (AvgIpc) is 2.76. The van der Waals surface area contributed by atoms with Crippen LogP contribution in [0.1, 0.15) is 18.0 Å². The van der Waals surface area contributed by atoms with Crippen molar-refractivity contribution >= 4 is 23.3 Å². The highest BCUT2D eigenvalue weighted by atomic mass is 35.5. The van der Waals surface area contributed by atoms with Crippen LogP contribution in [0.15, 0.2) is 65.7 Å². The van der Waals surface area contributed by atoms with E-state index in [4.69, 9.17) is 11.6 Å². The van der Waals surface area contributed by atoms with Gasteiger partial charge in [0.25, 0.3) is 5.56 Å². The van der Waals surface area contributed by atoms with Crippen molar-refractivity contribution in [3.63, 3.8) is 0 Å². The highest BCUT2D eigenvalue weighted by Gasteiger charge is 2.36. The molecule has 30 heavy (non-hydrogen) atoms. The third-order valence-corrected chi connectivity index (χ3v) is 6.21. The predicted octanol–water partition coefficient (Wildman–Crippen LogP) is 4.21. The molecule has 4 heterocycles. The molecule has 5 rings (SSSR count). The quantitative estimate of drug-likeness (QED) is 0.675. The normalized spacial score (nSPS) is 19.8. The Kier molecular flexibility index (Phi) is 4.79. The number of pyridine rings is 2. The molecule has 0 saturated carbocycles. The number of halogens is 1. The number of carbonyl (C=O) groups is 1. The van der Waals surface area contributed by atoms with E-state index in [0.717, 1.165) is 23.4 Å². The van der Waals surface area contributed by atoms with Gasteiger partial charge in [-0.25, -0.2) is 4.79 Å². The molecule has 1 N–H and O–H groups in total. The average molecular weight is 421 g/mol. The zero-order chi connectivity index (χ0) is 20.7. The van der Waals surface area contributed by atoms with Gasteiger partial charge in [-0.05, 0) is 54.8 Å². The molecule has 0 unspecified atom stereocenters. The van der Waals surface area contributed by atoms with Gasteiger partial charge in [-0.15, -0.1) is 0 Å². The topological polar surface area (TPSA) is 67.2 Å². The number of hydrogen-bond donors (Lipinski definition) is 1. The number of hydrogen-bond acceptors (Lipinski definition) is 3. The maximum Gasteiger partial charge on any atom is 0.321 e. The fourth-order valence-electron chi connectivity index (χ4n) is 4.59. The molecule has 152 valence electrons. The number of rotatable bonds is 2. The summed E-state index contributed by atoms with van der Waals surface area (Å²) in [6.45, 7) is 1.87. The van der Waals surface area contributed by atoms with Crippen LogP contribution in [0, 0.1) is 5.92 Å². The van der Waals surface area contributed by atoms with Crippen molar-refractivity contribution in [2.75, 3.05) is 18.4 Å². The molecule has 2 aliphatic rings. The standard InChI is InChI=1S/C23H21ClN4O2/c24-18-3-5-19(6-4-18)26-23(30)27-12-15-10-17(14-27)21-8-7-20(22(29)28(21)13-15)16-2-1-9-25-11-16/h1-9,11,15,17H,10,12-14H2,(H,26,30)/t15-,17-/m1/s1. The Morgan fingerprint density at radius 2 is 1.90 bits per heavy atom. The van der Waals surface area contributed by atoms with Crippen LogP contribution in [0.4, 0.5) is 10.5 Å². The van der Waals surface area contributed by atoms with Gasteiger partial charge in [0.15, 0.2) is 0 Å². The summed E-state index contributed by atoms with van der Waals surface area (Å²) in [7, 11) is 0. The number of nitrogens with zero attached hydrogens (tertiary/aromatic N) is 3. The molecular formula is C23H21ClN4O2. The molecule has 2 amide bonds. The molecule has 1 saturated heterocycles. The van der Waals surface area contributed by atoms with Crippen molar-refractivity contribution < 1.29 is 4.79 Å². The monoisotopic (exact) mass is 420 g/mol. The number of amides is 2. The van der Waals surface area contributed by atoms with Gasteiger partial charge in [0.1, 0.15) is 0 Å². The smallest absolute Gasteiger partial charge is 0.321 e. The third kappa shape index (κ3) is 3.48. The van der Waals surface area contributed by atoms with E-state index in [9.17, 15) is 9.59 Å². The fraction of sp³-hybridized carbons (Fsp3) is 0.261. The van der Waals surface area contributed by atoms with Gasteiger partial charge in [-0.2, -0.15) is 0 Å². The Hall–Kier alpha value is -3.12. The van der Waals surface area contributed by atoms with E-state index in [2.05, 4.69) is 10.3 Å². The van der Waals surface area contributed by atoms with Crippen LogP contribution in [-0.4, -0.2) is 33.6 Å². The molecule has 2 bridgehead atoms. The predicted molar refractivity (Wildman–Crippen MR) is 117 cm³/mol. The highest BCUT2D eigenvalue weighted by molar-refractivity contribution is 6.30.